The van der Waals surface area contributed by atoms with Gasteiger partial charge in [-0.05, 0) is 85.7 Å². The van der Waals surface area contributed by atoms with Gasteiger partial charge >= 0.3 is 5.97 Å². The van der Waals surface area contributed by atoms with Crippen molar-refractivity contribution in [2.45, 2.75) is 84.6 Å². The molecule has 0 fully saturated rings. The van der Waals surface area contributed by atoms with Gasteiger partial charge < -0.3 is 15.2 Å². The molecule has 2 N–H and O–H groups in total. The van der Waals surface area contributed by atoms with Gasteiger partial charge in [0.2, 0.25) is 0 Å². The number of aryl methyl sites for hydroxylation is 1. The fraction of sp³-hybridized carbons (Fsp3) is 0.405. The van der Waals surface area contributed by atoms with Crippen LogP contribution in [0.2, 0.25) is 0 Å². The minimum Gasteiger partial charge on any atom is -0.494 e. The number of amides is 1. The Morgan fingerprint density at radius 2 is 1.80 bits per heavy atom. The van der Waals surface area contributed by atoms with Gasteiger partial charge in [-0.2, -0.15) is 0 Å². The zero-order chi connectivity index (χ0) is 32.2. The molecule has 1 unspecified atom stereocenters. The van der Waals surface area contributed by atoms with Crippen molar-refractivity contribution in [3.05, 3.63) is 92.8 Å². The van der Waals surface area contributed by atoms with Crippen LogP contribution < -0.4 is 10.1 Å². The number of rotatable bonds is 15. The molecule has 0 spiro atoms. The van der Waals surface area contributed by atoms with Gasteiger partial charge in [-0.3, -0.25) is 4.79 Å². The van der Waals surface area contributed by atoms with E-state index in [-0.39, 0.29) is 12.3 Å². The van der Waals surface area contributed by atoms with Crippen LogP contribution in [-0.2, 0) is 24.1 Å². The third-order valence-electron chi connectivity index (χ3n) is 8.16. The third kappa shape index (κ3) is 9.98. The number of amidine groups is 1. The smallest absolute Gasteiger partial charge is 0.326 e. The highest BCUT2D eigenvalue weighted by atomic mass is 32.1. The van der Waals surface area contributed by atoms with E-state index in [4.69, 9.17) is 4.74 Å². The molecule has 1 aliphatic carbocycles. The number of carbonyl (C=O) groups is 2. The molecule has 2 aromatic carbocycles. The van der Waals surface area contributed by atoms with Crippen LogP contribution in [0, 0.1) is 5.92 Å². The minimum absolute atomic E-state index is 0.162. The first kappa shape index (κ1) is 33.8. The lowest BCUT2D eigenvalue weighted by molar-refractivity contribution is -0.139. The number of nitrogens with one attached hydrogen (secondary N) is 1. The summed E-state index contributed by atoms with van der Waals surface area (Å²) in [6, 6.07) is 16.3. The summed E-state index contributed by atoms with van der Waals surface area (Å²) >= 11 is 1.48. The van der Waals surface area contributed by atoms with Crippen molar-refractivity contribution >= 4 is 41.3 Å². The molecule has 1 amide bonds. The summed E-state index contributed by atoms with van der Waals surface area (Å²) in [5.74, 6) is 0.525. The molecule has 3 aromatic rings. The second-order valence-corrected chi connectivity index (χ2v) is 13.0. The average Bonchev–Trinajstić information content (AvgIpc) is 3.47. The summed E-state index contributed by atoms with van der Waals surface area (Å²) in [5, 5.41) is 12.6. The number of benzene rings is 2. The molecule has 0 radical (unpaired) electrons. The number of ether oxygens (including phenoxy) is 1. The summed E-state index contributed by atoms with van der Waals surface area (Å²) in [4.78, 5) is 35.5. The Morgan fingerprint density at radius 1 is 1.09 bits per heavy atom. The summed E-state index contributed by atoms with van der Waals surface area (Å²) in [7, 11) is 0. The average molecular weight is 628 g/mol. The highest BCUT2D eigenvalue weighted by molar-refractivity contribution is 7.14. The van der Waals surface area contributed by atoms with Crippen LogP contribution >= 0.6 is 11.3 Å². The number of allylic oxidation sites excluding steroid dienone is 1. The van der Waals surface area contributed by atoms with Gasteiger partial charge in [-0.15, -0.1) is 11.3 Å². The number of unbranched alkanes of at least 4 members (excludes halogenated alkanes) is 4. The predicted octanol–water partition coefficient (Wildman–Crippen LogP) is 8.16. The van der Waals surface area contributed by atoms with Crippen LogP contribution in [-0.4, -0.2) is 42.2 Å². The summed E-state index contributed by atoms with van der Waals surface area (Å²) in [6.45, 7) is 10.8. The first-order chi connectivity index (χ1) is 21.8. The molecule has 2 atom stereocenters. The summed E-state index contributed by atoms with van der Waals surface area (Å²) in [5.41, 5.74) is 4.77. The number of fused-ring (bicyclic) bond motifs is 1. The SMILES string of the molecule is C=NC(=N/C=C(\C)c1ccc(OCCCCCCC)cc1)c1ccc(C[C@H](NC(=O)c2cc3c(s2)CCC(C)C3)C(=O)O)cc1. The zero-order valence-electron chi connectivity index (χ0n) is 26.7. The zero-order valence-corrected chi connectivity index (χ0v) is 27.5. The fourth-order valence-electron chi connectivity index (χ4n) is 5.42. The number of carbonyl (C=O) groups excluding carboxylic acids is 1. The molecule has 0 saturated carbocycles. The number of nitrogens with zero attached hydrogens (tertiary/aromatic N) is 2. The highest BCUT2D eigenvalue weighted by Gasteiger charge is 2.25. The maximum atomic E-state index is 12.9. The largest absolute Gasteiger partial charge is 0.494 e. The Labute approximate surface area is 271 Å². The Bertz CT molecular complexity index is 1510. The lowest BCUT2D eigenvalue weighted by atomic mass is 9.90. The Morgan fingerprint density at radius 3 is 2.49 bits per heavy atom. The monoisotopic (exact) mass is 627 g/mol. The lowest BCUT2D eigenvalue weighted by Gasteiger charge is -2.16. The number of aliphatic carboxylic acids is 1. The van der Waals surface area contributed by atoms with E-state index in [2.05, 4.69) is 35.9 Å². The van der Waals surface area contributed by atoms with Crippen LogP contribution in [0.25, 0.3) is 5.57 Å². The Hall–Kier alpha value is -4.04. The van der Waals surface area contributed by atoms with Crippen molar-refractivity contribution < 1.29 is 19.4 Å². The van der Waals surface area contributed by atoms with E-state index >= 15 is 0 Å². The van der Waals surface area contributed by atoms with Crippen LogP contribution in [0.3, 0.4) is 0 Å². The Kier molecular flexibility index (Phi) is 12.7. The van der Waals surface area contributed by atoms with Gasteiger partial charge in [0.1, 0.15) is 11.8 Å². The maximum Gasteiger partial charge on any atom is 0.326 e. The van der Waals surface area contributed by atoms with E-state index < -0.39 is 12.0 Å². The van der Waals surface area contributed by atoms with Gasteiger partial charge in [-0.1, -0.05) is 75.9 Å². The summed E-state index contributed by atoms with van der Waals surface area (Å²) in [6.07, 6.45) is 11.0. The Balaban J connectivity index is 1.34. The fourth-order valence-corrected chi connectivity index (χ4v) is 6.53. The molecular weight excluding hydrogens is 582 g/mol. The maximum absolute atomic E-state index is 12.9. The number of aliphatic imine (C=N–C) groups is 2. The molecule has 1 aromatic heterocycles. The molecule has 7 nitrogen and oxygen atoms in total. The molecule has 0 saturated heterocycles. The highest BCUT2D eigenvalue weighted by Crippen LogP contribution is 2.32. The molecule has 1 heterocycles. The van der Waals surface area contributed by atoms with Gasteiger partial charge in [0.15, 0.2) is 5.84 Å². The van der Waals surface area contributed by atoms with E-state index in [0.717, 1.165) is 60.3 Å². The molecule has 0 bridgehead atoms. The van der Waals surface area contributed by atoms with Crippen LogP contribution in [0.4, 0.5) is 0 Å². The van der Waals surface area contributed by atoms with Gasteiger partial charge in [0.25, 0.3) is 5.91 Å². The van der Waals surface area contributed by atoms with E-state index in [0.29, 0.717) is 16.6 Å². The van der Waals surface area contributed by atoms with Gasteiger partial charge in [0.05, 0.1) is 11.5 Å². The minimum atomic E-state index is -1.07. The standard InChI is InChI=1S/C37H45N3O4S/c1-5-6-7-8-9-20-44-31-17-15-28(16-18-31)26(3)24-39-35(38-4)29-13-11-27(12-14-29)22-32(37(42)43)40-36(41)34-23-30-21-25(2)10-19-33(30)45-34/h11-18,23-25,32H,4-10,19-22H2,1-3H3,(H,40,41)(H,42,43)/b26-24+,39-35?/t25?,32-/m0/s1. The first-order valence-electron chi connectivity index (χ1n) is 16.0. The second-order valence-electron chi connectivity index (χ2n) is 11.9. The number of thiophene rings is 1. The quantitative estimate of drug-likeness (QED) is 0.101. The normalized spacial score (nSPS) is 15.7. The van der Waals surface area contributed by atoms with Gasteiger partial charge in [-0.25, -0.2) is 14.8 Å². The molecule has 0 aliphatic heterocycles. The van der Waals surface area contributed by atoms with Crippen LogP contribution in [0.1, 0.15) is 96.1 Å². The van der Waals surface area contributed by atoms with E-state index in [1.807, 2.05) is 61.5 Å². The van der Waals surface area contributed by atoms with E-state index in [1.54, 1.807) is 6.20 Å². The van der Waals surface area contributed by atoms with Crippen LogP contribution in [0.5, 0.6) is 5.75 Å². The molecule has 8 heteroatoms. The van der Waals surface area contributed by atoms with Crippen molar-refractivity contribution in [3.8, 4) is 5.75 Å². The van der Waals surface area contributed by atoms with Crippen molar-refractivity contribution in [1.82, 2.24) is 5.32 Å². The molecular formula is C37H45N3O4S. The third-order valence-corrected chi connectivity index (χ3v) is 9.40. The van der Waals surface area contributed by atoms with Crippen molar-refractivity contribution in [1.29, 1.82) is 0 Å². The summed E-state index contributed by atoms with van der Waals surface area (Å²) < 4.78 is 5.88. The number of carboxylic acids is 1. The first-order valence-corrected chi connectivity index (χ1v) is 16.8. The number of hydrogen-bond donors (Lipinski definition) is 2. The second kappa shape index (κ2) is 16.9. The number of hydrogen-bond acceptors (Lipinski definition) is 5. The van der Waals surface area contributed by atoms with Crippen LogP contribution in [0.15, 0.2) is 70.8 Å². The molecule has 238 valence electrons. The van der Waals surface area contributed by atoms with Gasteiger partial charge in [0, 0.05) is 23.1 Å². The molecule has 4 rings (SSSR count). The lowest BCUT2D eigenvalue weighted by Crippen LogP contribution is -2.42. The molecule has 1 aliphatic rings. The van der Waals surface area contributed by atoms with Crippen molar-refractivity contribution in [2.24, 2.45) is 15.9 Å². The predicted molar refractivity (Wildman–Crippen MR) is 185 cm³/mol. The topological polar surface area (TPSA) is 100 Å². The number of carboxylic acid groups (broad SMARTS) is 1. The molecule has 45 heavy (non-hydrogen) atoms. The van der Waals surface area contributed by atoms with Crippen molar-refractivity contribution in [2.75, 3.05) is 6.61 Å². The van der Waals surface area contributed by atoms with E-state index in [1.165, 1.54) is 47.5 Å². The van der Waals surface area contributed by atoms with E-state index in [9.17, 15) is 14.7 Å². The van der Waals surface area contributed by atoms with Crippen molar-refractivity contribution in [3.63, 3.8) is 0 Å².